The van der Waals surface area contributed by atoms with E-state index in [1.807, 2.05) is 20.8 Å². The van der Waals surface area contributed by atoms with Crippen LogP contribution in [0.3, 0.4) is 0 Å². The van der Waals surface area contributed by atoms with Gasteiger partial charge in [-0.1, -0.05) is 0 Å². The molecule has 3 atom stereocenters. The number of aromatic amines is 2. The number of halogens is 2. The molecule has 3 aliphatic heterocycles. The number of nitrogens with zero attached hydrogens (tertiary/aromatic N) is 6. The summed E-state index contributed by atoms with van der Waals surface area (Å²) < 4.78 is 44.2. The van der Waals surface area contributed by atoms with Crippen LogP contribution >= 0.6 is 45.2 Å². The maximum Gasteiger partial charge on any atom is 0.328 e. The number of H-pyrrole nitrogens is 2. The number of ether oxygens (including phenoxy) is 7. The highest BCUT2D eigenvalue weighted by atomic mass is 127. The van der Waals surface area contributed by atoms with Crippen molar-refractivity contribution in [1.29, 1.82) is 0 Å². The molecule has 3 saturated heterocycles. The molecule has 2 N–H and O–H groups in total. The number of aromatic nitrogens is 8. The Hall–Kier alpha value is -3.81. The number of esters is 1. The Morgan fingerprint density at radius 2 is 1.41 bits per heavy atom. The van der Waals surface area contributed by atoms with Crippen LogP contribution in [0.2, 0.25) is 0 Å². The molecule has 0 bridgehead atoms. The molecule has 0 radical (unpaired) electrons. The number of rotatable bonds is 8. The average Bonchev–Trinajstić information content (AvgIpc) is 3.99. The van der Waals surface area contributed by atoms with E-state index in [0.29, 0.717) is 17.6 Å². The number of nitrogens with one attached hydrogen (secondary N) is 2. The third-order valence-corrected chi connectivity index (χ3v) is 9.46. The molecule has 3 fully saturated rings. The van der Waals surface area contributed by atoms with Crippen LogP contribution in [-0.2, 0) is 30.3 Å². The zero-order valence-electron chi connectivity index (χ0n) is 33.3. The van der Waals surface area contributed by atoms with E-state index in [1.165, 1.54) is 41.9 Å². The van der Waals surface area contributed by atoms with Gasteiger partial charge < -0.3 is 33.2 Å². The monoisotopic (exact) mass is 1040 g/mol. The fourth-order valence-electron chi connectivity index (χ4n) is 5.26. The minimum Gasteiger partial charge on any atom is -0.459 e. The number of hydrogen-bond donors (Lipinski definition) is 2. The number of carbonyl (C=O) groups excluding carboxylic acids is 3. The third-order valence-electron chi connectivity index (χ3n) is 7.95. The molecule has 4 aromatic heterocycles. The second-order valence-electron chi connectivity index (χ2n) is 14.2. The van der Waals surface area contributed by atoms with Crippen molar-refractivity contribution in [3.05, 3.63) is 54.4 Å². The SMILES string of the molecule is CC(=O)n1ccc(=O)[nH]1.CC(=O)n1ccc(OC2CCCCO2)n1.CC(C)(C)OC(=O)Cn1cc(I)c(OC2CCCCO2)n1.Ic1cn[nH]c1OC1CCCCO1. The molecule has 4 aromatic rings. The minimum absolute atomic E-state index is 0.0716. The van der Waals surface area contributed by atoms with E-state index in [1.54, 1.807) is 24.7 Å². The highest BCUT2D eigenvalue weighted by molar-refractivity contribution is 14.1. The Morgan fingerprint density at radius 1 is 0.810 bits per heavy atom. The molecule has 58 heavy (non-hydrogen) atoms. The summed E-state index contributed by atoms with van der Waals surface area (Å²) in [6, 6.07) is 2.96. The van der Waals surface area contributed by atoms with Gasteiger partial charge in [0.25, 0.3) is 5.56 Å². The van der Waals surface area contributed by atoms with E-state index < -0.39 is 5.60 Å². The largest absolute Gasteiger partial charge is 0.459 e. The Kier molecular flexibility index (Phi) is 19.2. The van der Waals surface area contributed by atoms with Gasteiger partial charge in [0.05, 0.1) is 33.2 Å². The van der Waals surface area contributed by atoms with Crippen molar-refractivity contribution in [1.82, 2.24) is 39.5 Å². The van der Waals surface area contributed by atoms with Crippen LogP contribution in [0, 0.1) is 7.14 Å². The minimum atomic E-state index is -0.493. The Balaban J connectivity index is 0.000000178. The topological polar surface area (TPSA) is 218 Å². The average molecular weight is 1040 g/mol. The van der Waals surface area contributed by atoms with Crippen molar-refractivity contribution in [3.8, 4) is 17.6 Å². The van der Waals surface area contributed by atoms with E-state index in [4.69, 9.17) is 33.2 Å². The van der Waals surface area contributed by atoms with Crippen LogP contribution in [0.25, 0.3) is 0 Å². The van der Waals surface area contributed by atoms with Crippen LogP contribution < -0.4 is 19.8 Å². The molecule has 7 rings (SSSR count). The summed E-state index contributed by atoms with van der Waals surface area (Å²) in [4.78, 5) is 43.6. The number of carbonyl (C=O) groups is 3. The fourth-order valence-corrected chi connectivity index (χ4v) is 6.20. The zero-order chi connectivity index (χ0) is 42.1. The van der Waals surface area contributed by atoms with Gasteiger partial charge in [0.2, 0.25) is 48.3 Å². The van der Waals surface area contributed by atoms with Crippen molar-refractivity contribution < 1.29 is 47.5 Å². The van der Waals surface area contributed by atoms with Crippen molar-refractivity contribution in [2.24, 2.45) is 0 Å². The Labute approximate surface area is 363 Å². The van der Waals surface area contributed by atoms with Gasteiger partial charge in [0.15, 0.2) is 0 Å². The summed E-state index contributed by atoms with van der Waals surface area (Å²) in [7, 11) is 0. The molecule has 3 unspecified atom stereocenters. The van der Waals surface area contributed by atoms with Gasteiger partial charge in [-0.3, -0.25) is 29.0 Å². The smallest absolute Gasteiger partial charge is 0.328 e. The van der Waals surface area contributed by atoms with E-state index in [9.17, 15) is 19.2 Å². The first-order valence-corrected chi connectivity index (χ1v) is 21.1. The van der Waals surface area contributed by atoms with Gasteiger partial charge in [-0.2, -0.15) is 5.10 Å². The van der Waals surface area contributed by atoms with E-state index in [0.717, 1.165) is 83.0 Å². The lowest BCUT2D eigenvalue weighted by Gasteiger charge is -2.22. The predicted octanol–water partition coefficient (Wildman–Crippen LogP) is 5.94. The van der Waals surface area contributed by atoms with Crippen LogP contribution in [0.1, 0.15) is 102 Å². The maximum absolute atomic E-state index is 11.8. The highest BCUT2D eigenvalue weighted by Crippen LogP contribution is 2.24. The standard InChI is InChI=1S/C14H21IN2O4.C10H14N2O3.C8H11IN2O2.C5H6N2O2/c1-14(2,3)21-11(18)9-17-8-10(15)13(16-17)20-12-6-4-5-7-19-12;1-8(13)12-6-5-9(11-12)15-10-4-2-3-7-14-10;9-6-5-10-11-8(6)13-7-3-1-2-4-12-7;1-4(8)7-3-2-5(9)6-7/h8,12H,4-7,9H2,1-3H3;5-6,10H,2-4,7H2,1H3;5,7H,1-4H2,(H,10,11);2-3H,1H3,(H,6,9). The second kappa shape index (κ2) is 23.7. The van der Waals surface area contributed by atoms with E-state index in [-0.39, 0.29) is 48.8 Å². The first-order valence-electron chi connectivity index (χ1n) is 19.0. The summed E-state index contributed by atoms with van der Waals surface area (Å²) in [6.45, 7) is 10.7. The van der Waals surface area contributed by atoms with Gasteiger partial charge in [-0.25, -0.2) is 14.5 Å². The summed E-state index contributed by atoms with van der Waals surface area (Å²) in [6.07, 6.45) is 15.3. The summed E-state index contributed by atoms with van der Waals surface area (Å²) >= 11 is 4.31. The highest BCUT2D eigenvalue weighted by Gasteiger charge is 2.22. The maximum atomic E-state index is 11.8. The molecule has 0 aliphatic carbocycles. The van der Waals surface area contributed by atoms with Crippen LogP contribution in [0.5, 0.6) is 17.6 Å². The summed E-state index contributed by atoms with van der Waals surface area (Å²) in [5, 5.41) is 17.2. The first-order chi connectivity index (χ1) is 27.6. The molecule has 7 heterocycles. The summed E-state index contributed by atoms with van der Waals surface area (Å²) in [5.74, 6) is 1.02. The van der Waals surface area contributed by atoms with Crippen molar-refractivity contribution in [3.63, 3.8) is 0 Å². The molecule has 0 amide bonds. The second-order valence-corrected chi connectivity index (χ2v) is 16.5. The predicted molar refractivity (Wildman–Crippen MR) is 225 cm³/mol. The molecule has 320 valence electrons. The quantitative estimate of drug-likeness (QED) is 0.154. The molecule has 0 saturated carbocycles. The zero-order valence-corrected chi connectivity index (χ0v) is 37.6. The van der Waals surface area contributed by atoms with E-state index >= 15 is 0 Å². The lowest BCUT2D eigenvalue weighted by molar-refractivity contribution is -0.155. The fraction of sp³-hybridized carbons (Fsp3) is 0.595. The molecular weight excluding hydrogens is 986 g/mol. The number of hydrogen-bond acceptors (Lipinski definition) is 14. The molecule has 0 spiro atoms. The summed E-state index contributed by atoms with van der Waals surface area (Å²) in [5.41, 5.74) is -0.752. The van der Waals surface area contributed by atoms with Crippen molar-refractivity contribution in [2.45, 2.75) is 123 Å². The van der Waals surface area contributed by atoms with Crippen molar-refractivity contribution >= 4 is 63.0 Å². The Morgan fingerprint density at radius 3 is 1.86 bits per heavy atom. The molecule has 3 aliphatic rings. The van der Waals surface area contributed by atoms with Crippen LogP contribution in [0.4, 0.5) is 0 Å². The van der Waals surface area contributed by atoms with Crippen molar-refractivity contribution in [2.75, 3.05) is 19.8 Å². The molecule has 19 nitrogen and oxygen atoms in total. The first kappa shape index (κ1) is 46.9. The Bertz CT molecular complexity index is 1910. The van der Waals surface area contributed by atoms with Gasteiger partial charge >= 0.3 is 5.97 Å². The van der Waals surface area contributed by atoms with Crippen LogP contribution in [-0.4, -0.2) is 102 Å². The molecular formula is C37H52I2N8O11. The van der Waals surface area contributed by atoms with Gasteiger partial charge in [-0.05, 0) is 104 Å². The lowest BCUT2D eigenvalue weighted by atomic mass is 10.2. The molecule has 0 aromatic carbocycles. The van der Waals surface area contributed by atoms with Gasteiger partial charge in [-0.15, -0.1) is 10.2 Å². The lowest BCUT2D eigenvalue weighted by Crippen LogP contribution is -2.27. The molecule has 21 heteroatoms. The normalized spacial score (nSPS) is 19.1. The van der Waals surface area contributed by atoms with Gasteiger partial charge in [0, 0.05) is 63.8 Å². The van der Waals surface area contributed by atoms with Crippen LogP contribution in [0.15, 0.2) is 41.7 Å². The third kappa shape index (κ3) is 17.2. The van der Waals surface area contributed by atoms with E-state index in [2.05, 4.69) is 70.7 Å². The van der Waals surface area contributed by atoms with Gasteiger partial charge in [0.1, 0.15) is 12.1 Å².